The van der Waals surface area contributed by atoms with E-state index in [-0.39, 0.29) is 21.6 Å². The maximum Gasteiger partial charge on any atom is 0.490 e. The number of carboxylic acids is 1. The number of phenolic OH excluding ortho intramolecular Hbond substituents is 1. The standard InChI is InChI=1S/C15H18Cl2N4O3S.C2HF3O2/c16-12-5-11(14(22)6-13(12)17)15(18)9-1-3-21(4-2-9)25(23,24)10-7-19-20-8-10;3-2(4,5)1(6)7/h5-9,15,22H,1-4,18H2,(H,19,20);(H,6,7). The van der Waals surface area contributed by atoms with Gasteiger partial charge >= 0.3 is 12.1 Å². The second kappa shape index (κ2) is 10.3. The van der Waals surface area contributed by atoms with E-state index in [1.807, 2.05) is 0 Å². The van der Waals surface area contributed by atoms with Crippen LogP contribution in [0.25, 0.3) is 0 Å². The molecule has 9 nitrogen and oxygen atoms in total. The fourth-order valence-electron chi connectivity index (χ4n) is 3.08. The number of piperidine rings is 1. The number of aromatic nitrogens is 2. The van der Waals surface area contributed by atoms with Gasteiger partial charge in [0.15, 0.2) is 0 Å². The number of sulfonamides is 1. The lowest BCUT2D eigenvalue weighted by molar-refractivity contribution is -0.192. The Kier molecular flexibility index (Phi) is 8.39. The molecular formula is C17H19Cl2F3N4O5S. The molecule has 1 aliphatic heterocycles. The van der Waals surface area contributed by atoms with E-state index in [0.29, 0.717) is 36.5 Å². The van der Waals surface area contributed by atoms with Crippen LogP contribution in [-0.2, 0) is 14.8 Å². The molecule has 1 unspecified atom stereocenters. The zero-order chi connectivity index (χ0) is 24.3. The molecule has 2 heterocycles. The van der Waals surface area contributed by atoms with E-state index >= 15 is 0 Å². The summed E-state index contributed by atoms with van der Waals surface area (Å²) in [5.41, 5.74) is 6.81. The van der Waals surface area contributed by atoms with Gasteiger partial charge in [-0.1, -0.05) is 23.2 Å². The first-order chi connectivity index (χ1) is 14.7. The SMILES string of the molecule is NC(c1cc(Cl)c(Cl)cc1O)C1CCN(S(=O)(=O)c2cn[nH]c2)CC1.O=C(O)C(F)(F)F. The number of carboxylic acid groups (broad SMARTS) is 1. The van der Waals surface area contributed by atoms with Crippen molar-refractivity contribution in [2.45, 2.75) is 30.0 Å². The van der Waals surface area contributed by atoms with Crippen LogP contribution in [0, 0.1) is 5.92 Å². The van der Waals surface area contributed by atoms with Crippen LogP contribution >= 0.6 is 23.2 Å². The molecule has 1 atom stereocenters. The zero-order valence-corrected chi connectivity index (χ0v) is 18.5. The van der Waals surface area contributed by atoms with Crippen LogP contribution < -0.4 is 5.73 Å². The topological polar surface area (TPSA) is 150 Å². The van der Waals surface area contributed by atoms with E-state index < -0.39 is 28.2 Å². The van der Waals surface area contributed by atoms with Crippen LogP contribution in [0.15, 0.2) is 29.4 Å². The van der Waals surface area contributed by atoms with Crippen molar-refractivity contribution in [1.29, 1.82) is 0 Å². The van der Waals surface area contributed by atoms with Crippen molar-refractivity contribution < 1.29 is 36.6 Å². The Morgan fingerprint density at radius 3 is 2.25 bits per heavy atom. The van der Waals surface area contributed by atoms with Gasteiger partial charge in [0.25, 0.3) is 0 Å². The lowest BCUT2D eigenvalue weighted by Crippen LogP contribution is -2.40. The summed E-state index contributed by atoms with van der Waals surface area (Å²) >= 11 is 11.9. The van der Waals surface area contributed by atoms with Gasteiger partial charge in [0, 0.05) is 37.0 Å². The van der Waals surface area contributed by atoms with Gasteiger partial charge in [-0.25, -0.2) is 13.2 Å². The first kappa shape index (κ1) is 26.2. The van der Waals surface area contributed by atoms with E-state index in [0.717, 1.165) is 0 Å². The highest BCUT2D eigenvalue weighted by Crippen LogP contribution is 2.38. The van der Waals surface area contributed by atoms with Crippen molar-refractivity contribution in [1.82, 2.24) is 14.5 Å². The smallest absolute Gasteiger partial charge is 0.490 e. The quantitative estimate of drug-likeness (QED) is 0.485. The molecule has 1 fully saturated rings. The van der Waals surface area contributed by atoms with Gasteiger partial charge in [0.2, 0.25) is 10.0 Å². The van der Waals surface area contributed by atoms with Crippen molar-refractivity contribution in [3.8, 4) is 5.75 Å². The average Bonchev–Trinajstić information content (AvgIpc) is 3.26. The number of phenols is 1. The number of carbonyl (C=O) groups is 1. The van der Waals surface area contributed by atoms with Crippen molar-refractivity contribution in [2.24, 2.45) is 11.7 Å². The first-order valence-corrected chi connectivity index (χ1v) is 11.2. The monoisotopic (exact) mass is 518 g/mol. The molecule has 1 saturated heterocycles. The largest absolute Gasteiger partial charge is 0.508 e. The van der Waals surface area contributed by atoms with E-state index in [4.69, 9.17) is 38.8 Å². The van der Waals surface area contributed by atoms with Crippen LogP contribution in [0.5, 0.6) is 5.75 Å². The molecule has 0 amide bonds. The Labute approximate surface area is 191 Å². The number of nitrogens with one attached hydrogen (secondary N) is 1. The number of halogens is 5. The molecule has 1 aromatic heterocycles. The highest BCUT2D eigenvalue weighted by molar-refractivity contribution is 7.89. The van der Waals surface area contributed by atoms with Crippen LogP contribution in [0.1, 0.15) is 24.4 Å². The van der Waals surface area contributed by atoms with Gasteiger partial charge in [-0.2, -0.15) is 22.6 Å². The molecule has 5 N–H and O–H groups in total. The van der Waals surface area contributed by atoms with Crippen LogP contribution in [0.3, 0.4) is 0 Å². The maximum atomic E-state index is 12.5. The summed E-state index contributed by atoms with van der Waals surface area (Å²) in [4.78, 5) is 9.05. The van der Waals surface area contributed by atoms with Crippen molar-refractivity contribution >= 4 is 39.2 Å². The van der Waals surface area contributed by atoms with Gasteiger partial charge < -0.3 is 15.9 Å². The van der Waals surface area contributed by atoms with Crippen LogP contribution in [0.4, 0.5) is 13.2 Å². The highest BCUT2D eigenvalue weighted by Gasteiger charge is 2.38. The third-order valence-electron chi connectivity index (χ3n) is 4.79. The van der Waals surface area contributed by atoms with Crippen molar-refractivity contribution in [3.63, 3.8) is 0 Å². The number of benzene rings is 1. The molecule has 15 heteroatoms. The predicted octanol–water partition coefficient (Wildman–Crippen LogP) is 3.16. The van der Waals surface area contributed by atoms with Gasteiger partial charge in [0.05, 0.1) is 16.2 Å². The Hall–Kier alpha value is -2.06. The maximum absolute atomic E-state index is 12.5. The Morgan fingerprint density at radius 1 is 1.25 bits per heavy atom. The van der Waals surface area contributed by atoms with Crippen LogP contribution in [0.2, 0.25) is 10.0 Å². The van der Waals surface area contributed by atoms with E-state index in [2.05, 4.69) is 10.2 Å². The highest BCUT2D eigenvalue weighted by atomic mass is 35.5. The Morgan fingerprint density at radius 2 is 1.78 bits per heavy atom. The normalized spacial score (nSPS) is 16.8. The van der Waals surface area contributed by atoms with Gasteiger partial charge in [-0.05, 0) is 24.8 Å². The lowest BCUT2D eigenvalue weighted by Gasteiger charge is -2.34. The number of aromatic hydroxyl groups is 1. The summed E-state index contributed by atoms with van der Waals surface area (Å²) in [5, 5.41) is 24.0. The minimum absolute atomic E-state index is 0.00431. The third kappa shape index (κ3) is 6.25. The molecule has 0 spiro atoms. The Balaban J connectivity index is 0.000000451. The molecule has 1 aliphatic rings. The van der Waals surface area contributed by atoms with E-state index in [1.54, 1.807) is 6.07 Å². The first-order valence-electron chi connectivity index (χ1n) is 8.97. The van der Waals surface area contributed by atoms with Gasteiger partial charge in [0.1, 0.15) is 10.6 Å². The molecule has 1 aromatic carbocycles. The lowest BCUT2D eigenvalue weighted by atomic mass is 9.86. The third-order valence-corrected chi connectivity index (χ3v) is 7.37. The number of hydrogen-bond acceptors (Lipinski definition) is 6. The van der Waals surface area contributed by atoms with Gasteiger partial charge in [-0.15, -0.1) is 0 Å². The summed E-state index contributed by atoms with van der Waals surface area (Å²) in [5.74, 6) is -2.73. The zero-order valence-electron chi connectivity index (χ0n) is 16.2. The fraction of sp³-hybridized carbons (Fsp3) is 0.412. The number of aliphatic carboxylic acids is 1. The van der Waals surface area contributed by atoms with Crippen molar-refractivity contribution in [2.75, 3.05) is 13.1 Å². The molecule has 0 radical (unpaired) electrons. The van der Waals surface area contributed by atoms with E-state index in [9.17, 15) is 26.7 Å². The minimum Gasteiger partial charge on any atom is -0.508 e. The van der Waals surface area contributed by atoms with Crippen molar-refractivity contribution in [3.05, 3.63) is 40.1 Å². The summed E-state index contributed by atoms with van der Waals surface area (Å²) < 4.78 is 58.1. The average molecular weight is 519 g/mol. The number of alkyl halides is 3. The molecule has 32 heavy (non-hydrogen) atoms. The van der Waals surface area contributed by atoms with Gasteiger partial charge in [-0.3, -0.25) is 5.10 Å². The van der Waals surface area contributed by atoms with E-state index in [1.165, 1.54) is 22.8 Å². The second-order valence-corrected chi connectivity index (χ2v) is 9.58. The number of H-pyrrole nitrogens is 1. The number of aromatic amines is 1. The summed E-state index contributed by atoms with van der Waals surface area (Å²) in [6, 6.07) is 2.49. The summed E-state index contributed by atoms with van der Waals surface area (Å²) in [6.45, 7) is 0.710. The number of hydrogen-bond donors (Lipinski definition) is 4. The molecule has 0 aliphatic carbocycles. The second-order valence-electron chi connectivity index (χ2n) is 6.83. The summed E-state index contributed by atoms with van der Waals surface area (Å²) in [7, 11) is -3.54. The molecule has 0 saturated carbocycles. The molecule has 178 valence electrons. The summed E-state index contributed by atoms with van der Waals surface area (Å²) in [6.07, 6.45) is -1.27. The molecule has 2 aromatic rings. The molecule has 3 rings (SSSR count). The Bertz CT molecular complexity index is 1040. The molecule has 0 bridgehead atoms. The fourth-order valence-corrected chi connectivity index (χ4v) is 4.78. The number of nitrogens with two attached hydrogens (primary N) is 1. The molecular weight excluding hydrogens is 500 g/mol. The predicted molar refractivity (Wildman–Crippen MR) is 109 cm³/mol. The minimum atomic E-state index is -5.08. The van der Waals surface area contributed by atoms with Crippen LogP contribution in [-0.4, -0.2) is 58.4 Å². The number of nitrogens with zero attached hydrogens (tertiary/aromatic N) is 2. The number of rotatable bonds is 4.